The van der Waals surface area contributed by atoms with E-state index in [-0.39, 0.29) is 133 Å². The summed E-state index contributed by atoms with van der Waals surface area (Å²) in [6.45, 7) is 0. The predicted molar refractivity (Wildman–Crippen MR) is 16.3 cm³/mol. The van der Waals surface area contributed by atoms with Crippen molar-refractivity contribution in [3.05, 3.63) is 0 Å². The van der Waals surface area contributed by atoms with Gasteiger partial charge >= 0.3 is 95.1 Å². The van der Waals surface area contributed by atoms with Crippen LogP contribution in [0.5, 0.6) is 0 Å². The van der Waals surface area contributed by atoms with Crippen LogP contribution in [0.3, 0.4) is 0 Å². The van der Waals surface area contributed by atoms with Crippen molar-refractivity contribution in [2.45, 2.75) is 0 Å². The maximum atomic E-state index is 0. The largest absolute Gasteiger partial charge is 5.00 e. The van der Waals surface area contributed by atoms with Gasteiger partial charge < -0.3 is 38.3 Å². The van der Waals surface area contributed by atoms with Crippen LogP contribution < -0.4 is 0 Å². The van der Waals surface area contributed by atoms with Crippen molar-refractivity contribution >= 4 is 37.2 Å². The second-order valence-corrected chi connectivity index (χ2v) is 0. The number of hydrogen-bond donors (Lipinski definition) is 0. The van der Waals surface area contributed by atoms with Gasteiger partial charge in [-0.3, -0.25) is 0 Å². The summed E-state index contributed by atoms with van der Waals surface area (Å²) in [4.78, 5) is 0. The van der Waals surface area contributed by atoms with Crippen LogP contribution >= 0.6 is 0 Å². The predicted octanol–water partition coefficient (Wildman–Crippen LogP) is -1.60. The number of rotatable bonds is 0. The Hall–Kier alpha value is 2.82. The molecule has 0 N–H and O–H groups in total. The smallest absolute Gasteiger partial charge is 2.00 e. The van der Waals surface area contributed by atoms with E-state index in [1.165, 1.54) is 0 Å². The molecule has 11 heteroatoms. The molecule has 0 atom stereocenters. The molecule has 0 aromatic rings. The monoisotopic (exact) mass is 440 g/mol. The van der Waals surface area contributed by atoms with Gasteiger partial charge in [0.25, 0.3) is 0 Å². The molecule has 0 amide bonds. The molecule has 0 aliphatic heterocycles. The van der Waals surface area contributed by atoms with E-state index in [1.807, 2.05) is 0 Å². The maximum Gasteiger partial charge on any atom is 5.00 e. The fourth-order valence-electron chi connectivity index (χ4n) is 0. The molecule has 0 fully saturated rings. The Morgan fingerprint density at radius 1 is 0.455 bits per heavy atom. The van der Waals surface area contributed by atoms with Crippen LogP contribution in [-0.4, -0.2) is 37.2 Å². The van der Waals surface area contributed by atoms with Crippen molar-refractivity contribution in [3.8, 4) is 0 Å². The molecule has 56 valence electrons. The van der Waals surface area contributed by atoms with Gasteiger partial charge in [-0.2, -0.15) is 0 Å². The van der Waals surface area contributed by atoms with Crippen LogP contribution in [0.25, 0.3) is 0 Å². The molecule has 0 aromatic carbocycles. The van der Waals surface area contributed by atoms with E-state index >= 15 is 0 Å². The first-order valence-electron chi connectivity index (χ1n) is 0. The summed E-state index contributed by atoms with van der Waals surface area (Å²) in [5.41, 5.74) is 0. The van der Waals surface area contributed by atoms with Gasteiger partial charge in [0, 0.05) is 0 Å². The molecule has 0 bridgehead atoms. The second kappa shape index (κ2) is 225. The Morgan fingerprint density at radius 2 is 0.455 bits per heavy atom. The molecule has 0 spiro atoms. The molecule has 0 heterocycles. The Bertz CT molecular complexity index is 18.4. The Labute approximate surface area is 132 Å². The summed E-state index contributed by atoms with van der Waals surface area (Å²) in [6, 6.07) is 0. The Kier molecular flexibility index (Phi) is 5830. The van der Waals surface area contributed by atoms with Crippen LogP contribution in [0, 0.1) is 35.6 Å². The fourth-order valence-corrected chi connectivity index (χ4v) is 0. The third-order valence-corrected chi connectivity index (χ3v) is 0. The van der Waals surface area contributed by atoms with E-state index in [9.17, 15) is 0 Å². The quantitative estimate of drug-likeness (QED) is 0.391. The van der Waals surface area contributed by atoms with Crippen LogP contribution in [0.2, 0.25) is 0 Å². The average molecular weight is 441 g/mol. The molecule has 0 unspecified atom stereocenters. The molecule has 0 aliphatic carbocycles. The summed E-state index contributed by atoms with van der Waals surface area (Å²) < 4.78 is 0. The zero-order valence-corrected chi connectivity index (χ0v) is 14.4. The topological polar surface area (TPSA) is 200 Å². The maximum absolute atomic E-state index is 0. The minimum absolute atomic E-state index is 0. The molecule has 0 rings (SSSR count). The van der Waals surface area contributed by atoms with Crippen molar-refractivity contribution in [2.24, 2.45) is 0 Å². The van der Waals surface area contributed by atoms with Crippen molar-refractivity contribution in [2.75, 3.05) is 0 Å². The van der Waals surface area contributed by atoms with Gasteiger partial charge in [0.2, 0.25) is 0 Å². The summed E-state index contributed by atoms with van der Waals surface area (Å²) in [5, 5.41) is 0. The second-order valence-electron chi connectivity index (χ2n) is 0. The third-order valence-electron chi connectivity index (χ3n) is 0. The SMILES string of the molecule is [Al+3].[Ga+3].[La+3].[Nb+5].[O-2].[O-2].[O-2].[O-2].[O-2].[O-2].[O-2]. The van der Waals surface area contributed by atoms with E-state index in [2.05, 4.69) is 0 Å². The van der Waals surface area contributed by atoms with E-state index in [0.29, 0.717) is 0 Å². The molecule has 0 saturated carbocycles. The fraction of sp³-hybridized carbons (Fsp3) is 0. The van der Waals surface area contributed by atoms with E-state index in [0.717, 1.165) is 0 Å². The van der Waals surface area contributed by atoms with E-state index < -0.39 is 0 Å². The van der Waals surface area contributed by atoms with Gasteiger partial charge in [0.1, 0.15) is 0 Å². The first-order valence-corrected chi connectivity index (χ1v) is 0. The first-order chi connectivity index (χ1) is 0. The van der Waals surface area contributed by atoms with E-state index in [4.69, 9.17) is 0 Å². The van der Waals surface area contributed by atoms with Crippen molar-refractivity contribution < 1.29 is 96.3 Å². The average Bonchev–Trinajstić information content (AvgIpc) is 0. The van der Waals surface area contributed by atoms with E-state index in [1.54, 1.807) is 0 Å². The minimum Gasteiger partial charge on any atom is -2.00 e. The Balaban J connectivity index is 0. The molecular formula is AlGaLaNbO7. The summed E-state index contributed by atoms with van der Waals surface area (Å²) in [7, 11) is 0. The molecular weight excluding hydrogens is 441 g/mol. The molecule has 0 saturated heterocycles. The van der Waals surface area contributed by atoms with Gasteiger partial charge in [-0.15, -0.1) is 0 Å². The minimum atomic E-state index is 0. The molecule has 7 nitrogen and oxygen atoms in total. The first kappa shape index (κ1) is 285. The Morgan fingerprint density at radius 3 is 0.455 bits per heavy atom. The van der Waals surface area contributed by atoms with Crippen LogP contribution in [0.1, 0.15) is 0 Å². The summed E-state index contributed by atoms with van der Waals surface area (Å²) in [5.74, 6) is 0. The van der Waals surface area contributed by atoms with Crippen molar-refractivity contribution in [1.82, 2.24) is 0 Å². The zero-order chi connectivity index (χ0) is 0. The van der Waals surface area contributed by atoms with Gasteiger partial charge in [-0.25, -0.2) is 0 Å². The third kappa shape index (κ3) is 188. The molecule has 0 radical (unpaired) electrons. The summed E-state index contributed by atoms with van der Waals surface area (Å²) in [6.07, 6.45) is 0. The van der Waals surface area contributed by atoms with Gasteiger partial charge in [-0.1, -0.05) is 0 Å². The van der Waals surface area contributed by atoms with Gasteiger partial charge in [0.05, 0.1) is 0 Å². The van der Waals surface area contributed by atoms with Gasteiger partial charge in [-0.05, 0) is 0 Å². The van der Waals surface area contributed by atoms with Gasteiger partial charge in [0.15, 0.2) is 0 Å². The normalized spacial score (nSPS) is 0. The zero-order valence-electron chi connectivity index (χ0n) is 5.04. The van der Waals surface area contributed by atoms with Crippen LogP contribution in [-0.2, 0) is 60.7 Å². The molecule has 0 aromatic heterocycles. The number of hydrogen-bond acceptors (Lipinski definition) is 0. The van der Waals surface area contributed by atoms with Crippen LogP contribution in [0.15, 0.2) is 0 Å². The van der Waals surface area contributed by atoms with Crippen molar-refractivity contribution in [3.63, 3.8) is 0 Å². The summed E-state index contributed by atoms with van der Waals surface area (Å²) >= 11 is 0. The van der Waals surface area contributed by atoms with Crippen LogP contribution in [0.4, 0.5) is 0 Å². The molecule has 0 aliphatic rings. The standard InChI is InChI=1S/Al.Ga.La.Nb.7O/q3*+3;+5;7*-2. The molecule has 11 heavy (non-hydrogen) atoms. The van der Waals surface area contributed by atoms with Crippen molar-refractivity contribution in [1.29, 1.82) is 0 Å².